The second-order valence-corrected chi connectivity index (χ2v) is 5.87. The number of halogens is 1. The van der Waals surface area contributed by atoms with E-state index in [4.69, 9.17) is 11.6 Å². The van der Waals surface area contributed by atoms with Crippen LogP contribution in [0.3, 0.4) is 0 Å². The van der Waals surface area contributed by atoms with Crippen molar-refractivity contribution in [1.29, 1.82) is 0 Å². The molecule has 2 N–H and O–H groups in total. The molecular formula is C14H20ClN5O2. The summed E-state index contributed by atoms with van der Waals surface area (Å²) in [6.45, 7) is 6.43. The molecule has 0 unspecified atom stereocenters. The Labute approximate surface area is 132 Å². The number of aromatic nitrogens is 4. The molecule has 2 aromatic rings. The molecule has 0 saturated carbocycles. The average molecular weight is 326 g/mol. The molecule has 0 aliphatic rings. The van der Waals surface area contributed by atoms with Crippen LogP contribution in [0.4, 0.5) is 0 Å². The van der Waals surface area contributed by atoms with Crippen LogP contribution in [0.1, 0.15) is 36.8 Å². The van der Waals surface area contributed by atoms with Gasteiger partial charge in [-0.3, -0.25) is 19.0 Å². The van der Waals surface area contributed by atoms with Gasteiger partial charge in [0.1, 0.15) is 0 Å². The van der Waals surface area contributed by atoms with Gasteiger partial charge < -0.3 is 5.32 Å². The van der Waals surface area contributed by atoms with Crippen LogP contribution in [0.25, 0.3) is 0 Å². The highest BCUT2D eigenvalue weighted by Crippen LogP contribution is 2.18. The molecule has 0 amide bonds. The van der Waals surface area contributed by atoms with Crippen LogP contribution >= 0.6 is 11.6 Å². The van der Waals surface area contributed by atoms with Crippen molar-refractivity contribution < 1.29 is 0 Å². The maximum Gasteiger partial charge on any atom is 0.328 e. The number of hydrogen-bond donors (Lipinski definition) is 2. The SMILES string of the molecule is Cc1nn(C)c(CNCc2cn(C(C)C)c(=O)[nH]c2=O)c1Cl. The lowest BCUT2D eigenvalue weighted by Crippen LogP contribution is -2.34. The first-order valence-corrected chi connectivity index (χ1v) is 7.42. The van der Waals surface area contributed by atoms with Gasteiger partial charge in [-0.1, -0.05) is 11.6 Å². The smallest absolute Gasteiger partial charge is 0.307 e. The largest absolute Gasteiger partial charge is 0.328 e. The fourth-order valence-electron chi connectivity index (χ4n) is 2.22. The summed E-state index contributed by atoms with van der Waals surface area (Å²) in [6, 6.07) is -0.0164. The normalized spacial score (nSPS) is 11.4. The van der Waals surface area contributed by atoms with Crippen LogP contribution in [0.2, 0.25) is 5.02 Å². The fourth-order valence-corrected chi connectivity index (χ4v) is 2.45. The van der Waals surface area contributed by atoms with E-state index in [9.17, 15) is 9.59 Å². The van der Waals surface area contributed by atoms with Crippen molar-refractivity contribution in [2.45, 2.75) is 39.9 Å². The maximum atomic E-state index is 11.8. The van der Waals surface area contributed by atoms with Crippen molar-refractivity contribution in [3.05, 3.63) is 49.0 Å². The van der Waals surface area contributed by atoms with Gasteiger partial charge in [-0.05, 0) is 20.8 Å². The van der Waals surface area contributed by atoms with E-state index in [1.807, 2.05) is 27.8 Å². The average Bonchev–Trinajstić information content (AvgIpc) is 2.66. The van der Waals surface area contributed by atoms with E-state index in [0.717, 1.165) is 11.4 Å². The molecule has 0 aliphatic carbocycles. The Balaban J connectivity index is 2.14. The number of nitrogens with zero attached hydrogens (tertiary/aromatic N) is 3. The predicted molar refractivity (Wildman–Crippen MR) is 85.2 cm³/mol. The zero-order valence-corrected chi connectivity index (χ0v) is 13.9. The van der Waals surface area contributed by atoms with Crippen LogP contribution in [0, 0.1) is 6.92 Å². The summed E-state index contributed by atoms with van der Waals surface area (Å²) in [7, 11) is 1.82. The van der Waals surface area contributed by atoms with E-state index in [1.165, 1.54) is 4.57 Å². The highest BCUT2D eigenvalue weighted by atomic mass is 35.5. The molecule has 0 bridgehead atoms. The van der Waals surface area contributed by atoms with Gasteiger partial charge in [0.15, 0.2) is 0 Å². The van der Waals surface area contributed by atoms with Crippen LogP contribution in [0.5, 0.6) is 0 Å². The first-order valence-electron chi connectivity index (χ1n) is 7.04. The van der Waals surface area contributed by atoms with Crippen LogP contribution < -0.4 is 16.6 Å². The van der Waals surface area contributed by atoms with Gasteiger partial charge in [-0.2, -0.15) is 5.10 Å². The molecule has 2 heterocycles. The number of rotatable bonds is 5. The molecule has 120 valence electrons. The van der Waals surface area contributed by atoms with Gasteiger partial charge >= 0.3 is 5.69 Å². The zero-order chi connectivity index (χ0) is 16.4. The minimum atomic E-state index is -0.394. The third-order valence-electron chi connectivity index (χ3n) is 3.47. The summed E-state index contributed by atoms with van der Waals surface area (Å²) < 4.78 is 3.21. The Hall–Kier alpha value is -1.86. The van der Waals surface area contributed by atoms with Crippen molar-refractivity contribution in [3.63, 3.8) is 0 Å². The molecule has 2 aromatic heterocycles. The molecule has 0 aliphatic heterocycles. The monoisotopic (exact) mass is 325 g/mol. The van der Waals surface area contributed by atoms with E-state index in [2.05, 4.69) is 15.4 Å². The summed E-state index contributed by atoms with van der Waals surface area (Å²) in [5.41, 5.74) is 1.36. The van der Waals surface area contributed by atoms with Gasteiger partial charge in [0.25, 0.3) is 5.56 Å². The summed E-state index contributed by atoms with van der Waals surface area (Å²) >= 11 is 6.18. The number of H-pyrrole nitrogens is 1. The van der Waals surface area contributed by atoms with Gasteiger partial charge in [-0.15, -0.1) is 0 Å². The minimum absolute atomic E-state index is 0.0164. The van der Waals surface area contributed by atoms with Crippen LogP contribution in [-0.4, -0.2) is 19.3 Å². The van der Waals surface area contributed by atoms with E-state index in [-0.39, 0.29) is 11.6 Å². The second kappa shape index (κ2) is 6.50. The number of hydrogen-bond acceptors (Lipinski definition) is 4. The molecule has 0 saturated heterocycles. The van der Waals surface area contributed by atoms with Gasteiger partial charge in [-0.25, -0.2) is 4.79 Å². The van der Waals surface area contributed by atoms with E-state index in [0.29, 0.717) is 23.7 Å². The Morgan fingerprint density at radius 1 is 1.36 bits per heavy atom. The van der Waals surface area contributed by atoms with Crippen molar-refractivity contribution in [3.8, 4) is 0 Å². The number of aromatic amines is 1. The van der Waals surface area contributed by atoms with Crippen molar-refractivity contribution in [2.24, 2.45) is 7.05 Å². The summed E-state index contributed by atoms with van der Waals surface area (Å²) in [4.78, 5) is 25.9. The Morgan fingerprint density at radius 2 is 2.05 bits per heavy atom. The zero-order valence-electron chi connectivity index (χ0n) is 13.1. The van der Waals surface area contributed by atoms with Crippen molar-refractivity contribution in [2.75, 3.05) is 0 Å². The third-order valence-corrected chi connectivity index (χ3v) is 3.96. The number of aryl methyl sites for hydroxylation is 2. The molecule has 2 rings (SSSR count). The van der Waals surface area contributed by atoms with Crippen LogP contribution in [-0.2, 0) is 20.1 Å². The Morgan fingerprint density at radius 3 is 2.59 bits per heavy atom. The molecule has 7 nitrogen and oxygen atoms in total. The fraction of sp³-hybridized carbons (Fsp3) is 0.500. The molecule has 8 heteroatoms. The maximum absolute atomic E-state index is 11.8. The highest BCUT2D eigenvalue weighted by molar-refractivity contribution is 6.31. The molecular weight excluding hydrogens is 306 g/mol. The van der Waals surface area contributed by atoms with Crippen LogP contribution in [0.15, 0.2) is 15.8 Å². The summed E-state index contributed by atoms with van der Waals surface area (Å²) in [5.74, 6) is 0. The lowest BCUT2D eigenvalue weighted by Gasteiger charge is -2.11. The third kappa shape index (κ3) is 3.31. The Kier molecular flexibility index (Phi) is 4.87. The highest BCUT2D eigenvalue weighted by Gasteiger charge is 2.11. The van der Waals surface area contributed by atoms with Crippen molar-refractivity contribution in [1.82, 2.24) is 24.6 Å². The lowest BCUT2D eigenvalue weighted by atomic mass is 10.3. The molecule has 0 atom stereocenters. The topological polar surface area (TPSA) is 84.7 Å². The molecule has 0 aromatic carbocycles. The minimum Gasteiger partial charge on any atom is -0.307 e. The molecule has 22 heavy (non-hydrogen) atoms. The van der Waals surface area contributed by atoms with Crippen molar-refractivity contribution >= 4 is 11.6 Å². The van der Waals surface area contributed by atoms with E-state index < -0.39 is 5.69 Å². The van der Waals surface area contributed by atoms with Gasteiger partial charge in [0.2, 0.25) is 0 Å². The summed E-state index contributed by atoms with van der Waals surface area (Å²) in [5, 5.41) is 8.01. The standard InChI is InChI=1S/C14H20ClN5O2/c1-8(2)20-7-10(13(21)17-14(20)22)5-16-6-11-12(15)9(3)18-19(11)4/h7-8,16H,5-6H2,1-4H3,(H,17,21,22). The first kappa shape index (κ1) is 16.5. The van der Waals surface area contributed by atoms with Gasteiger partial charge in [0, 0.05) is 37.9 Å². The second-order valence-electron chi connectivity index (χ2n) is 5.49. The predicted octanol–water partition coefficient (Wildman–Crippen LogP) is 1.10. The lowest BCUT2D eigenvalue weighted by molar-refractivity contribution is 0.548. The molecule has 0 spiro atoms. The van der Waals surface area contributed by atoms with E-state index in [1.54, 1.807) is 10.9 Å². The molecule has 0 fully saturated rings. The first-order chi connectivity index (χ1) is 10.3. The molecule has 0 radical (unpaired) electrons. The Bertz CT molecular complexity index is 788. The quantitative estimate of drug-likeness (QED) is 0.862. The van der Waals surface area contributed by atoms with Gasteiger partial charge in [0.05, 0.1) is 16.4 Å². The van der Waals surface area contributed by atoms with E-state index >= 15 is 0 Å². The number of nitrogens with one attached hydrogen (secondary N) is 2. The summed E-state index contributed by atoms with van der Waals surface area (Å²) in [6.07, 6.45) is 1.59.